The second-order valence-corrected chi connectivity index (χ2v) is 6.08. The number of fused-ring (bicyclic) bond motifs is 1. The molecule has 2 heterocycles. The minimum Gasteiger partial charge on any atom is -0.505 e. The summed E-state index contributed by atoms with van der Waals surface area (Å²) in [6, 6.07) is 9.78. The number of aryl methyl sites for hydroxylation is 1. The Bertz CT molecular complexity index is 843. The van der Waals surface area contributed by atoms with Gasteiger partial charge in [-0.15, -0.1) is 0 Å². The molecule has 3 rings (SSSR count). The molecule has 0 spiro atoms. The summed E-state index contributed by atoms with van der Waals surface area (Å²) < 4.78 is 0. The van der Waals surface area contributed by atoms with Crippen LogP contribution in [0.25, 0.3) is 10.9 Å². The number of nitrogens with zero attached hydrogens (tertiary/aromatic N) is 2. The van der Waals surface area contributed by atoms with Gasteiger partial charge in [0.2, 0.25) is 0 Å². The molecule has 0 radical (unpaired) electrons. The van der Waals surface area contributed by atoms with E-state index in [1.807, 2.05) is 30.5 Å². The predicted molar refractivity (Wildman–Crippen MR) is 93.8 cm³/mol. The van der Waals surface area contributed by atoms with Crippen molar-refractivity contribution in [2.24, 2.45) is 0 Å². The lowest BCUT2D eigenvalue weighted by molar-refractivity contribution is 0.474. The molecule has 0 aliphatic rings. The van der Waals surface area contributed by atoms with Gasteiger partial charge in [-0.1, -0.05) is 32.0 Å². The molecule has 23 heavy (non-hydrogen) atoms. The molecular weight excluding hydrogens is 286 g/mol. The molecule has 0 unspecified atom stereocenters. The maximum Gasteiger partial charge on any atom is 0.146 e. The molecule has 2 N–H and O–H groups in total. The van der Waals surface area contributed by atoms with E-state index in [1.54, 1.807) is 6.20 Å². The van der Waals surface area contributed by atoms with Crippen molar-refractivity contribution in [3.63, 3.8) is 0 Å². The van der Waals surface area contributed by atoms with Gasteiger partial charge >= 0.3 is 0 Å². The molecule has 0 saturated carbocycles. The highest BCUT2D eigenvalue weighted by molar-refractivity contribution is 5.85. The zero-order valence-electron chi connectivity index (χ0n) is 13.7. The van der Waals surface area contributed by atoms with Crippen LogP contribution in [0.1, 0.15) is 36.5 Å². The normalized spacial score (nSPS) is 11.1. The van der Waals surface area contributed by atoms with Crippen LogP contribution in [-0.2, 0) is 6.54 Å². The van der Waals surface area contributed by atoms with Gasteiger partial charge in [0.1, 0.15) is 17.1 Å². The van der Waals surface area contributed by atoms with Crippen LogP contribution in [0.3, 0.4) is 0 Å². The Morgan fingerprint density at radius 1 is 1.17 bits per heavy atom. The smallest absolute Gasteiger partial charge is 0.146 e. The average molecular weight is 307 g/mol. The van der Waals surface area contributed by atoms with Crippen LogP contribution in [0.4, 0.5) is 5.82 Å². The monoisotopic (exact) mass is 307 g/mol. The topological polar surface area (TPSA) is 58.0 Å². The number of rotatable bonds is 4. The van der Waals surface area contributed by atoms with Crippen molar-refractivity contribution in [3.8, 4) is 5.75 Å². The molecule has 0 aliphatic heterocycles. The first-order valence-electron chi connectivity index (χ1n) is 7.82. The molecule has 118 valence electrons. The van der Waals surface area contributed by atoms with Crippen LogP contribution in [-0.4, -0.2) is 15.1 Å². The standard InChI is InChI=1S/C19H21N3O/c1-12(2)16-9-17(21-10-13(16)3)22-11-15-7-6-14-5-4-8-20-18(14)19(15)23/h4-10,12,23H,11H2,1-3H3,(H,21,22). The van der Waals surface area contributed by atoms with Gasteiger partial charge in [-0.2, -0.15) is 0 Å². The van der Waals surface area contributed by atoms with Gasteiger partial charge in [0.15, 0.2) is 0 Å². The molecule has 0 atom stereocenters. The van der Waals surface area contributed by atoms with Crippen molar-refractivity contribution < 1.29 is 5.11 Å². The molecule has 0 amide bonds. The van der Waals surface area contributed by atoms with E-state index in [9.17, 15) is 5.11 Å². The molecule has 4 nitrogen and oxygen atoms in total. The third kappa shape index (κ3) is 3.11. The lowest BCUT2D eigenvalue weighted by atomic mass is 10.00. The SMILES string of the molecule is Cc1cnc(NCc2ccc3cccnc3c2O)cc1C(C)C. The van der Waals surface area contributed by atoms with Crippen molar-refractivity contribution in [1.29, 1.82) is 0 Å². The third-order valence-corrected chi connectivity index (χ3v) is 4.06. The largest absolute Gasteiger partial charge is 0.505 e. The number of aromatic nitrogens is 2. The van der Waals surface area contributed by atoms with Crippen molar-refractivity contribution in [2.45, 2.75) is 33.2 Å². The second kappa shape index (κ2) is 6.24. The Labute approximate surface area is 136 Å². The molecule has 1 aromatic carbocycles. The quantitative estimate of drug-likeness (QED) is 0.751. The first-order chi connectivity index (χ1) is 11.1. The van der Waals surface area contributed by atoms with E-state index in [-0.39, 0.29) is 5.75 Å². The van der Waals surface area contributed by atoms with Crippen LogP contribution in [0.15, 0.2) is 42.7 Å². The van der Waals surface area contributed by atoms with Crippen molar-refractivity contribution in [3.05, 3.63) is 59.4 Å². The summed E-state index contributed by atoms with van der Waals surface area (Å²) >= 11 is 0. The van der Waals surface area contributed by atoms with E-state index in [0.717, 1.165) is 16.8 Å². The minimum atomic E-state index is 0.229. The zero-order chi connectivity index (χ0) is 16.4. The van der Waals surface area contributed by atoms with Gasteiger partial charge in [0.25, 0.3) is 0 Å². The molecule has 0 fully saturated rings. The lowest BCUT2D eigenvalue weighted by Crippen LogP contribution is -2.04. The van der Waals surface area contributed by atoms with Gasteiger partial charge < -0.3 is 10.4 Å². The summed E-state index contributed by atoms with van der Waals surface area (Å²) in [5, 5.41) is 14.6. The number of hydrogen-bond donors (Lipinski definition) is 2. The number of pyridine rings is 2. The fraction of sp³-hybridized carbons (Fsp3) is 0.263. The molecular formula is C19H21N3O. The Hall–Kier alpha value is -2.62. The predicted octanol–water partition coefficient (Wildman–Crippen LogP) is 4.38. The highest BCUT2D eigenvalue weighted by Gasteiger charge is 2.09. The van der Waals surface area contributed by atoms with Crippen LogP contribution < -0.4 is 5.32 Å². The van der Waals surface area contributed by atoms with E-state index < -0.39 is 0 Å². The van der Waals surface area contributed by atoms with Gasteiger partial charge in [0, 0.05) is 29.9 Å². The van der Waals surface area contributed by atoms with Gasteiger partial charge in [-0.05, 0) is 36.1 Å². The van der Waals surface area contributed by atoms with Crippen molar-refractivity contribution >= 4 is 16.7 Å². The fourth-order valence-electron chi connectivity index (χ4n) is 2.76. The third-order valence-electron chi connectivity index (χ3n) is 4.06. The number of hydrogen-bond acceptors (Lipinski definition) is 4. The maximum atomic E-state index is 10.4. The van der Waals surface area contributed by atoms with Crippen molar-refractivity contribution in [1.82, 2.24) is 9.97 Å². The number of benzene rings is 1. The van der Waals surface area contributed by atoms with E-state index in [1.165, 1.54) is 11.1 Å². The maximum absolute atomic E-state index is 10.4. The van der Waals surface area contributed by atoms with E-state index in [2.05, 4.69) is 42.1 Å². The summed E-state index contributed by atoms with van der Waals surface area (Å²) in [5.41, 5.74) is 3.92. The summed E-state index contributed by atoms with van der Waals surface area (Å²) in [7, 11) is 0. The number of phenolic OH excluding ortho intramolecular Hbond substituents is 1. The number of nitrogens with one attached hydrogen (secondary N) is 1. The van der Waals surface area contributed by atoms with E-state index in [4.69, 9.17) is 0 Å². The zero-order valence-corrected chi connectivity index (χ0v) is 13.7. The Kier molecular flexibility index (Phi) is 4.15. The summed E-state index contributed by atoms with van der Waals surface area (Å²) in [4.78, 5) is 8.67. The van der Waals surface area contributed by atoms with E-state index >= 15 is 0 Å². The Morgan fingerprint density at radius 3 is 2.78 bits per heavy atom. The lowest BCUT2D eigenvalue weighted by Gasteiger charge is -2.13. The summed E-state index contributed by atoms with van der Waals surface area (Å²) in [6.07, 6.45) is 3.58. The molecule has 0 aliphatic carbocycles. The minimum absolute atomic E-state index is 0.229. The number of anilines is 1. The molecule has 0 saturated heterocycles. The van der Waals surface area contributed by atoms with Crippen molar-refractivity contribution in [2.75, 3.05) is 5.32 Å². The molecule has 2 aromatic heterocycles. The first kappa shape index (κ1) is 15.3. The van der Waals surface area contributed by atoms with Crippen LogP contribution in [0.5, 0.6) is 5.75 Å². The number of aromatic hydroxyl groups is 1. The van der Waals surface area contributed by atoms with Crippen LogP contribution in [0, 0.1) is 6.92 Å². The highest BCUT2D eigenvalue weighted by Crippen LogP contribution is 2.27. The average Bonchev–Trinajstić information content (AvgIpc) is 2.55. The second-order valence-electron chi connectivity index (χ2n) is 6.08. The van der Waals surface area contributed by atoms with Gasteiger partial charge in [-0.3, -0.25) is 4.98 Å². The Morgan fingerprint density at radius 2 is 2.00 bits per heavy atom. The summed E-state index contributed by atoms with van der Waals surface area (Å²) in [5.74, 6) is 1.50. The highest BCUT2D eigenvalue weighted by atomic mass is 16.3. The molecule has 4 heteroatoms. The molecule has 3 aromatic rings. The fourth-order valence-corrected chi connectivity index (χ4v) is 2.76. The first-order valence-corrected chi connectivity index (χ1v) is 7.82. The van der Waals surface area contributed by atoms with Crippen LogP contribution >= 0.6 is 0 Å². The van der Waals surface area contributed by atoms with Gasteiger partial charge in [0.05, 0.1) is 0 Å². The van der Waals surface area contributed by atoms with E-state index in [0.29, 0.717) is 18.0 Å². The number of phenols is 1. The summed E-state index contributed by atoms with van der Waals surface area (Å²) in [6.45, 7) is 6.93. The Balaban J connectivity index is 1.84. The molecule has 0 bridgehead atoms. The van der Waals surface area contributed by atoms with Gasteiger partial charge in [-0.25, -0.2) is 4.98 Å². The van der Waals surface area contributed by atoms with Crippen LogP contribution in [0.2, 0.25) is 0 Å².